The third kappa shape index (κ3) is 4.86. The summed E-state index contributed by atoms with van der Waals surface area (Å²) in [5.41, 5.74) is 10.9. The minimum atomic E-state index is 0.868. The summed E-state index contributed by atoms with van der Waals surface area (Å²) in [6.45, 7) is 0. The molecule has 266 valence electrons. The number of rotatable bonds is 5. The zero-order chi connectivity index (χ0) is 37.5. The zero-order valence-electron chi connectivity index (χ0n) is 30.9. The molecule has 0 aliphatic rings. The summed E-state index contributed by atoms with van der Waals surface area (Å²) in [7, 11) is 0. The minimum absolute atomic E-state index is 0.868. The molecule has 10 aromatic carbocycles. The molecule has 2 heterocycles. The summed E-state index contributed by atoms with van der Waals surface area (Å²) in [6.07, 6.45) is 0. The average Bonchev–Trinajstić information content (AvgIpc) is 3.83. The van der Waals surface area contributed by atoms with Crippen molar-refractivity contribution in [2.45, 2.75) is 0 Å². The highest BCUT2D eigenvalue weighted by atomic mass is 16.3. The molecule has 0 bridgehead atoms. The molecule has 0 amide bonds. The number of furan rings is 1. The van der Waals surface area contributed by atoms with Crippen LogP contribution in [0.25, 0.3) is 92.9 Å². The first-order valence-corrected chi connectivity index (χ1v) is 19.5. The predicted octanol–water partition coefficient (Wildman–Crippen LogP) is 15.3. The van der Waals surface area contributed by atoms with E-state index in [1.807, 2.05) is 0 Å². The van der Waals surface area contributed by atoms with Crippen LogP contribution in [0.1, 0.15) is 0 Å². The molecule has 0 saturated carbocycles. The van der Waals surface area contributed by atoms with E-state index in [9.17, 15) is 0 Å². The second-order valence-corrected chi connectivity index (χ2v) is 14.9. The fourth-order valence-electron chi connectivity index (χ4n) is 9.17. The summed E-state index contributed by atoms with van der Waals surface area (Å²) in [6, 6.07) is 74.5. The number of para-hydroxylation sites is 1. The normalized spacial score (nSPS) is 11.9. The van der Waals surface area contributed by atoms with Crippen LogP contribution in [0.2, 0.25) is 0 Å². The molecule has 0 aliphatic carbocycles. The number of nitrogens with zero attached hydrogens (tertiary/aromatic N) is 2. The number of hydrogen-bond donors (Lipinski definition) is 0. The van der Waals surface area contributed by atoms with Gasteiger partial charge in [-0.1, -0.05) is 152 Å². The van der Waals surface area contributed by atoms with Crippen LogP contribution in [0.3, 0.4) is 0 Å². The topological polar surface area (TPSA) is 21.3 Å². The molecule has 12 rings (SSSR count). The minimum Gasteiger partial charge on any atom is -0.455 e. The van der Waals surface area contributed by atoms with Gasteiger partial charge >= 0.3 is 0 Å². The molecule has 0 unspecified atom stereocenters. The van der Waals surface area contributed by atoms with E-state index in [2.05, 4.69) is 216 Å². The van der Waals surface area contributed by atoms with Crippen molar-refractivity contribution < 1.29 is 4.42 Å². The molecule has 0 radical (unpaired) electrons. The smallest absolute Gasteiger partial charge is 0.143 e. The maximum Gasteiger partial charge on any atom is 0.143 e. The Labute approximate surface area is 328 Å². The summed E-state index contributed by atoms with van der Waals surface area (Å²) in [5.74, 6) is 0. The second-order valence-electron chi connectivity index (χ2n) is 14.9. The molecule has 0 spiro atoms. The molecule has 3 nitrogen and oxygen atoms in total. The van der Waals surface area contributed by atoms with Crippen LogP contribution < -0.4 is 4.90 Å². The SMILES string of the molecule is c1ccc(N(c2ccc3c4ccc5ccccc5c4n(-c4ccc(-c5cccc6ccccc56)cc4)c3c2)c2cccc3oc4c5ccccc5ccc4c23)cc1. The first-order chi connectivity index (χ1) is 28.3. The lowest BCUT2D eigenvalue weighted by molar-refractivity contribution is 0.672. The van der Waals surface area contributed by atoms with Gasteiger partial charge in [0.2, 0.25) is 0 Å². The van der Waals surface area contributed by atoms with Gasteiger partial charge in [0.1, 0.15) is 11.2 Å². The average molecular weight is 727 g/mol. The monoisotopic (exact) mass is 726 g/mol. The first kappa shape index (κ1) is 31.7. The van der Waals surface area contributed by atoms with Crippen LogP contribution >= 0.6 is 0 Å². The van der Waals surface area contributed by atoms with Gasteiger partial charge in [-0.15, -0.1) is 0 Å². The largest absolute Gasteiger partial charge is 0.455 e. The lowest BCUT2D eigenvalue weighted by atomic mass is 9.98. The molecule has 2 aromatic heterocycles. The van der Waals surface area contributed by atoms with Gasteiger partial charge < -0.3 is 13.9 Å². The van der Waals surface area contributed by atoms with Gasteiger partial charge in [-0.3, -0.25) is 0 Å². The Hall–Kier alpha value is -7.62. The van der Waals surface area contributed by atoms with Crippen molar-refractivity contribution in [2.24, 2.45) is 0 Å². The molecule has 12 aromatic rings. The molecule has 0 aliphatic heterocycles. The fraction of sp³-hybridized carbons (Fsp3) is 0. The Bertz CT molecular complexity index is 3520. The Morgan fingerprint density at radius 2 is 1.04 bits per heavy atom. The van der Waals surface area contributed by atoms with Crippen molar-refractivity contribution in [3.8, 4) is 16.8 Å². The van der Waals surface area contributed by atoms with Crippen molar-refractivity contribution in [1.29, 1.82) is 0 Å². The molecular formula is C54H34N2O. The lowest BCUT2D eigenvalue weighted by Gasteiger charge is -2.26. The van der Waals surface area contributed by atoms with E-state index in [-0.39, 0.29) is 0 Å². The summed E-state index contributed by atoms with van der Waals surface area (Å²) < 4.78 is 9.16. The van der Waals surface area contributed by atoms with Gasteiger partial charge in [0.25, 0.3) is 0 Å². The molecule has 0 saturated heterocycles. The van der Waals surface area contributed by atoms with Gasteiger partial charge in [0.15, 0.2) is 0 Å². The highest BCUT2D eigenvalue weighted by Gasteiger charge is 2.22. The van der Waals surface area contributed by atoms with E-state index < -0.39 is 0 Å². The van der Waals surface area contributed by atoms with Gasteiger partial charge in [-0.25, -0.2) is 0 Å². The zero-order valence-corrected chi connectivity index (χ0v) is 30.9. The quantitative estimate of drug-likeness (QED) is 0.176. The van der Waals surface area contributed by atoms with Crippen molar-refractivity contribution >= 4 is 93.1 Å². The van der Waals surface area contributed by atoms with Crippen molar-refractivity contribution in [1.82, 2.24) is 4.57 Å². The van der Waals surface area contributed by atoms with Crippen molar-refractivity contribution in [3.05, 3.63) is 206 Å². The van der Waals surface area contributed by atoms with Crippen LogP contribution in [0, 0.1) is 0 Å². The number of aromatic nitrogens is 1. The van der Waals surface area contributed by atoms with Crippen LogP contribution in [0.5, 0.6) is 0 Å². The Balaban J connectivity index is 1.11. The Kier molecular flexibility index (Phi) is 6.93. The van der Waals surface area contributed by atoms with E-state index in [1.54, 1.807) is 0 Å². The van der Waals surface area contributed by atoms with Gasteiger partial charge in [0, 0.05) is 44.0 Å². The number of anilines is 3. The number of hydrogen-bond acceptors (Lipinski definition) is 2. The van der Waals surface area contributed by atoms with Crippen molar-refractivity contribution in [2.75, 3.05) is 4.90 Å². The molecule has 3 heteroatoms. The fourth-order valence-corrected chi connectivity index (χ4v) is 9.17. The Morgan fingerprint density at radius 3 is 1.84 bits per heavy atom. The van der Waals surface area contributed by atoms with E-state index in [1.165, 1.54) is 54.3 Å². The van der Waals surface area contributed by atoms with E-state index in [0.29, 0.717) is 0 Å². The predicted molar refractivity (Wildman–Crippen MR) is 241 cm³/mol. The standard InChI is InChI=1S/C54H34N2O/c1-2-16-39(17-3-1)55(49-22-11-23-51-52(49)48-32-27-37-14-6-9-20-45(37)54(48)57-51)41-30-33-46-47-31-26-36-13-5-8-19-44(36)53(47)56(50(46)34-41)40-28-24-38(25-29-40)43-21-10-15-35-12-4-7-18-42(35)43/h1-34H. The van der Waals surface area contributed by atoms with E-state index in [0.717, 1.165) is 55.6 Å². The van der Waals surface area contributed by atoms with Crippen LogP contribution in [0.4, 0.5) is 17.1 Å². The molecule has 57 heavy (non-hydrogen) atoms. The highest BCUT2D eigenvalue weighted by Crippen LogP contribution is 2.46. The van der Waals surface area contributed by atoms with Crippen molar-refractivity contribution in [3.63, 3.8) is 0 Å². The highest BCUT2D eigenvalue weighted by molar-refractivity contribution is 6.21. The third-order valence-corrected chi connectivity index (χ3v) is 11.7. The van der Waals surface area contributed by atoms with Gasteiger partial charge in [0.05, 0.1) is 22.1 Å². The first-order valence-electron chi connectivity index (χ1n) is 19.5. The maximum atomic E-state index is 6.69. The van der Waals surface area contributed by atoms with E-state index in [4.69, 9.17) is 4.42 Å². The maximum absolute atomic E-state index is 6.69. The van der Waals surface area contributed by atoms with Gasteiger partial charge in [-0.2, -0.15) is 0 Å². The molecule has 0 atom stereocenters. The lowest BCUT2D eigenvalue weighted by Crippen LogP contribution is -2.10. The van der Waals surface area contributed by atoms with Crippen LogP contribution in [-0.4, -0.2) is 4.57 Å². The van der Waals surface area contributed by atoms with Crippen LogP contribution in [-0.2, 0) is 0 Å². The molecular weight excluding hydrogens is 693 g/mol. The second kappa shape index (κ2) is 12.5. The van der Waals surface area contributed by atoms with Gasteiger partial charge in [-0.05, 0) is 87.3 Å². The third-order valence-electron chi connectivity index (χ3n) is 11.7. The summed E-state index contributed by atoms with van der Waals surface area (Å²) in [5, 5.41) is 11.9. The molecule has 0 N–H and O–H groups in total. The van der Waals surface area contributed by atoms with Crippen LogP contribution in [0.15, 0.2) is 211 Å². The van der Waals surface area contributed by atoms with E-state index >= 15 is 0 Å². The Morgan fingerprint density at radius 1 is 0.404 bits per heavy atom. The summed E-state index contributed by atoms with van der Waals surface area (Å²) >= 11 is 0. The summed E-state index contributed by atoms with van der Waals surface area (Å²) in [4.78, 5) is 2.38. The number of benzene rings is 10. The molecule has 0 fully saturated rings. The number of fused-ring (bicyclic) bond motifs is 11.